The molecule has 0 aliphatic heterocycles. The third-order valence-electron chi connectivity index (χ3n) is 3.09. The maximum atomic E-state index is 11.6. The second-order valence-corrected chi connectivity index (χ2v) is 4.70. The summed E-state index contributed by atoms with van der Waals surface area (Å²) in [6, 6.07) is 16.6. The topological polar surface area (TPSA) is 77.2 Å². The van der Waals surface area contributed by atoms with Crippen molar-refractivity contribution in [3.8, 4) is 17.1 Å². The molecule has 2 aromatic heterocycles. The minimum Gasteiger partial charge on any atom is -0.475 e. The predicted molar refractivity (Wildman–Crippen MR) is 84.0 cm³/mol. The highest BCUT2D eigenvalue weighted by Crippen LogP contribution is 2.16. The molecule has 6 nitrogen and oxygen atoms in total. The van der Waals surface area contributed by atoms with Crippen molar-refractivity contribution >= 4 is 5.91 Å². The second kappa shape index (κ2) is 7.22. The van der Waals surface area contributed by atoms with E-state index in [1.165, 1.54) is 6.26 Å². The molecule has 1 N–H and O–H groups in total. The molecule has 0 bridgehead atoms. The molecule has 0 atom stereocenters. The summed E-state index contributed by atoms with van der Waals surface area (Å²) in [7, 11) is 0. The number of nitrogens with zero attached hydrogens (tertiary/aromatic N) is 2. The van der Waals surface area contributed by atoms with Gasteiger partial charge in [0.05, 0.1) is 18.5 Å². The summed E-state index contributed by atoms with van der Waals surface area (Å²) < 4.78 is 10.4. The minimum absolute atomic E-state index is 0.274. The fraction of sp³-hybridized carbons (Fsp3) is 0.118. The Bertz CT molecular complexity index is 741. The van der Waals surface area contributed by atoms with E-state index in [9.17, 15) is 4.79 Å². The fourth-order valence-corrected chi connectivity index (χ4v) is 1.97. The highest BCUT2D eigenvalue weighted by molar-refractivity contribution is 5.91. The molecule has 0 aliphatic carbocycles. The van der Waals surface area contributed by atoms with E-state index in [2.05, 4.69) is 15.5 Å². The monoisotopic (exact) mass is 309 g/mol. The number of nitrogens with one attached hydrogen (secondary N) is 1. The van der Waals surface area contributed by atoms with Crippen LogP contribution in [0.3, 0.4) is 0 Å². The number of rotatable bonds is 6. The Hall–Kier alpha value is -3.15. The number of amides is 1. The number of benzene rings is 1. The zero-order chi connectivity index (χ0) is 15.9. The van der Waals surface area contributed by atoms with Crippen molar-refractivity contribution in [2.45, 2.75) is 0 Å². The van der Waals surface area contributed by atoms with E-state index < -0.39 is 0 Å². The van der Waals surface area contributed by atoms with Crippen molar-refractivity contribution < 1.29 is 13.9 Å². The molecule has 0 saturated heterocycles. The van der Waals surface area contributed by atoms with Gasteiger partial charge in [-0.2, -0.15) is 0 Å². The molecule has 0 aliphatic rings. The van der Waals surface area contributed by atoms with Crippen LogP contribution in [-0.2, 0) is 0 Å². The van der Waals surface area contributed by atoms with Crippen molar-refractivity contribution in [2.24, 2.45) is 0 Å². The zero-order valence-electron chi connectivity index (χ0n) is 12.3. The predicted octanol–water partition coefficient (Wildman–Crippen LogP) is 2.55. The Labute approximate surface area is 133 Å². The lowest BCUT2D eigenvalue weighted by Gasteiger charge is -2.06. The molecule has 0 spiro atoms. The van der Waals surface area contributed by atoms with E-state index in [0.717, 1.165) is 11.3 Å². The quantitative estimate of drug-likeness (QED) is 0.708. The molecule has 1 amide bonds. The SMILES string of the molecule is O=C(NCCOc1ccc(-c2ccccc2)nn1)c1ccco1. The summed E-state index contributed by atoms with van der Waals surface area (Å²) in [5.41, 5.74) is 1.78. The number of hydrogen-bond acceptors (Lipinski definition) is 5. The maximum Gasteiger partial charge on any atom is 0.287 e. The number of carbonyl (C=O) groups is 1. The number of furan rings is 1. The van der Waals surface area contributed by atoms with Crippen LogP contribution < -0.4 is 10.1 Å². The summed E-state index contributed by atoms with van der Waals surface area (Å²) in [6.45, 7) is 0.646. The van der Waals surface area contributed by atoms with Crippen LogP contribution in [0.25, 0.3) is 11.3 Å². The van der Waals surface area contributed by atoms with Gasteiger partial charge in [0.15, 0.2) is 5.76 Å². The summed E-state index contributed by atoms with van der Waals surface area (Å²) in [5.74, 6) is 0.415. The van der Waals surface area contributed by atoms with Crippen molar-refractivity contribution in [3.63, 3.8) is 0 Å². The highest BCUT2D eigenvalue weighted by Gasteiger charge is 2.07. The van der Waals surface area contributed by atoms with Gasteiger partial charge in [0, 0.05) is 11.6 Å². The number of aromatic nitrogens is 2. The maximum absolute atomic E-state index is 11.6. The lowest BCUT2D eigenvalue weighted by Crippen LogP contribution is -2.27. The summed E-state index contributed by atoms with van der Waals surface area (Å²) in [4.78, 5) is 11.6. The van der Waals surface area contributed by atoms with Gasteiger partial charge in [0.1, 0.15) is 6.61 Å². The van der Waals surface area contributed by atoms with E-state index in [1.54, 1.807) is 18.2 Å². The van der Waals surface area contributed by atoms with Gasteiger partial charge in [0.2, 0.25) is 5.88 Å². The summed E-state index contributed by atoms with van der Waals surface area (Å²) in [6.07, 6.45) is 1.45. The van der Waals surface area contributed by atoms with Gasteiger partial charge in [-0.25, -0.2) is 0 Å². The molecule has 2 heterocycles. The van der Waals surface area contributed by atoms with Gasteiger partial charge < -0.3 is 14.5 Å². The van der Waals surface area contributed by atoms with Gasteiger partial charge in [0.25, 0.3) is 5.91 Å². The first kappa shape index (κ1) is 14.8. The van der Waals surface area contributed by atoms with Crippen LogP contribution in [0.2, 0.25) is 0 Å². The second-order valence-electron chi connectivity index (χ2n) is 4.70. The highest BCUT2D eigenvalue weighted by atomic mass is 16.5. The van der Waals surface area contributed by atoms with E-state index in [1.807, 2.05) is 36.4 Å². The van der Waals surface area contributed by atoms with Crippen LogP contribution in [0.1, 0.15) is 10.6 Å². The molecule has 0 fully saturated rings. The standard InChI is InChI=1S/C17H15N3O3/c21-17(15-7-4-11-22-15)18-10-12-23-16-9-8-14(19-20-16)13-5-2-1-3-6-13/h1-9,11H,10,12H2,(H,18,21). The Morgan fingerprint density at radius 1 is 1.04 bits per heavy atom. The molecular weight excluding hydrogens is 294 g/mol. The van der Waals surface area contributed by atoms with Crippen molar-refractivity contribution in [1.29, 1.82) is 0 Å². The number of carbonyl (C=O) groups excluding carboxylic acids is 1. The Morgan fingerprint density at radius 2 is 1.91 bits per heavy atom. The lowest BCUT2D eigenvalue weighted by molar-refractivity contribution is 0.0919. The van der Waals surface area contributed by atoms with Crippen LogP contribution in [0.15, 0.2) is 65.3 Å². The first-order valence-electron chi connectivity index (χ1n) is 7.16. The van der Waals surface area contributed by atoms with Crippen LogP contribution in [0, 0.1) is 0 Å². The van der Waals surface area contributed by atoms with Gasteiger partial charge in [-0.05, 0) is 18.2 Å². The Morgan fingerprint density at radius 3 is 2.61 bits per heavy atom. The van der Waals surface area contributed by atoms with Crippen molar-refractivity contribution in [2.75, 3.05) is 13.2 Å². The Balaban J connectivity index is 1.47. The smallest absolute Gasteiger partial charge is 0.287 e. The average molecular weight is 309 g/mol. The first-order chi connectivity index (χ1) is 11.3. The molecule has 1 aromatic carbocycles. The van der Waals surface area contributed by atoms with Crippen LogP contribution in [0.5, 0.6) is 5.88 Å². The largest absolute Gasteiger partial charge is 0.475 e. The van der Waals surface area contributed by atoms with Crippen LogP contribution in [0.4, 0.5) is 0 Å². The zero-order valence-corrected chi connectivity index (χ0v) is 12.3. The Kier molecular flexibility index (Phi) is 4.63. The normalized spacial score (nSPS) is 10.3. The molecule has 0 unspecified atom stereocenters. The van der Waals surface area contributed by atoms with E-state index >= 15 is 0 Å². The number of ether oxygens (including phenoxy) is 1. The summed E-state index contributed by atoms with van der Waals surface area (Å²) in [5, 5.41) is 10.8. The third-order valence-corrected chi connectivity index (χ3v) is 3.09. The molecule has 3 aromatic rings. The molecule has 116 valence electrons. The van der Waals surface area contributed by atoms with Crippen LogP contribution in [-0.4, -0.2) is 29.3 Å². The molecule has 0 saturated carbocycles. The van der Waals surface area contributed by atoms with E-state index in [4.69, 9.17) is 9.15 Å². The summed E-state index contributed by atoms with van der Waals surface area (Å²) >= 11 is 0. The molecular formula is C17H15N3O3. The van der Waals surface area contributed by atoms with Crippen LogP contribution >= 0.6 is 0 Å². The molecule has 0 radical (unpaired) electrons. The van der Waals surface area contributed by atoms with E-state index in [-0.39, 0.29) is 11.7 Å². The lowest BCUT2D eigenvalue weighted by atomic mass is 10.1. The van der Waals surface area contributed by atoms with Crippen molar-refractivity contribution in [3.05, 3.63) is 66.6 Å². The van der Waals surface area contributed by atoms with Crippen molar-refractivity contribution in [1.82, 2.24) is 15.5 Å². The molecule has 3 rings (SSSR count). The van der Waals surface area contributed by atoms with Gasteiger partial charge in [-0.3, -0.25) is 4.79 Å². The molecule has 23 heavy (non-hydrogen) atoms. The fourth-order valence-electron chi connectivity index (χ4n) is 1.97. The van der Waals surface area contributed by atoms with Gasteiger partial charge >= 0.3 is 0 Å². The van der Waals surface area contributed by atoms with Gasteiger partial charge in [-0.15, -0.1) is 10.2 Å². The van der Waals surface area contributed by atoms with Gasteiger partial charge in [-0.1, -0.05) is 30.3 Å². The number of hydrogen-bond donors (Lipinski definition) is 1. The average Bonchev–Trinajstić information content (AvgIpc) is 3.15. The first-order valence-corrected chi connectivity index (χ1v) is 7.16. The van der Waals surface area contributed by atoms with E-state index in [0.29, 0.717) is 19.0 Å². The third kappa shape index (κ3) is 3.94. The molecule has 6 heteroatoms. The minimum atomic E-state index is -0.274.